The standard InChI is InChI=1S/C21H30BrN3O4/c1-28-17-13-16(14-18(29-2)20(17)22)21(27)25-11-9-23(10-12-25)15-19(26)24-7-5-3-4-6-8-24/h13-14H,3-12,15H2,1-2H3. The highest BCUT2D eigenvalue weighted by atomic mass is 79.9. The lowest BCUT2D eigenvalue weighted by Crippen LogP contribution is -2.51. The Hall–Kier alpha value is -1.80. The molecule has 3 rings (SSSR count). The molecule has 0 aromatic heterocycles. The van der Waals surface area contributed by atoms with Gasteiger partial charge in [0.1, 0.15) is 16.0 Å². The zero-order valence-corrected chi connectivity index (χ0v) is 18.9. The molecule has 2 aliphatic rings. The Morgan fingerprint density at radius 1 is 0.862 bits per heavy atom. The van der Waals surface area contributed by atoms with Gasteiger partial charge in [-0.2, -0.15) is 0 Å². The molecule has 8 heteroatoms. The van der Waals surface area contributed by atoms with Gasteiger partial charge in [0.05, 0.1) is 20.8 Å². The molecule has 29 heavy (non-hydrogen) atoms. The third kappa shape index (κ3) is 5.42. The Bertz CT molecular complexity index is 702. The zero-order chi connectivity index (χ0) is 20.8. The van der Waals surface area contributed by atoms with Crippen LogP contribution in [0.15, 0.2) is 16.6 Å². The molecule has 0 unspecified atom stereocenters. The number of hydrogen-bond acceptors (Lipinski definition) is 5. The molecule has 0 saturated carbocycles. The van der Waals surface area contributed by atoms with Crippen molar-refractivity contribution in [1.29, 1.82) is 0 Å². The minimum Gasteiger partial charge on any atom is -0.495 e. The van der Waals surface area contributed by atoms with E-state index in [0.29, 0.717) is 54.3 Å². The summed E-state index contributed by atoms with van der Waals surface area (Å²) in [4.78, 5) is 31.6. The second-order valence-corrected chi connectivity index (χ2v) is 8.35. The van der Waals surface area contributed by atoms with Gasteiger partial charge >= 0.3 is 0 Å². The van der Waals surface area contributed by atoms with Crippen LogP contribution < -0.4 is 9.47 Å². The van der Waals surface area contributed by atoms with Gasteiger partial charge in [0.2, 0.25) is 5.91 Å². The van der Waals surface area contributed by atoms with Gasteiger partial charge in [0.25, 0.3) is 5.91 Å². The topological polar surface area (TPSA) is 62.3 Å². The van der Waals surface area contributed by atoms with Crippen molar-refractivity contribution in [1.82, 2.24) is 14.7 Å². The van der Waals surface area contributed by atoms with Crippen LogP contribution in [-0.4, -0.2) is 86.5 Å². The van der Waals surface area contributed by atoms with Crippen molar-refractivity contribution < 1.29 is 19.1 Å². The molecule has 0 spiro atoms. The molecular formula is C21H30BrN3O4. The van der Waals surface area contributed by atoms with Crippen molar-refractivity contribution in [3.63, 3.8) is 0 Å². The highest BCUT2D eigenvalue weighted by Gasteiger charge is 2.26. The average molecular weight is 468 g/mol. The van der Waals surface area contributed by atoms with E-state index in [2.05, 4.69) is 20.8 Å². The quantitative estimate of drug-likeness (QED) is 0.665. The molecule has 0 aliphatic carbocycles. The Kier molecular flexibility index (Phi) is 7.77. The number of carbonyl (C=O) groups is 2. The van der Waals surface area contributed by atoms with Crippen molar-refractivity contribution in [2.24, 2.45) is 0 Å². The molecule has 1 aromatic rings. The van der Waals surface area contributed by atoms with Crippen LogP contribution in [0, 0.1) is 0 Å². The predicted molar refractivity (Wildman–Crippen MR) is 115 cm³/mol. The fourth-order valence-corrected chi connectivity index (χ4v) is 4.45. The lowest BCUT2D eigenvalue weighted by molar-refractivity contribution is -0.132. The molecule has 2 heterocycles. The Morgan fingerprint density at radius 3 is 1.93 bits per heavy atom. The highest BCUT2D eigenvalue weighted by Crippen LogP contribution is 2.36. The highest BCUT2D eigenvalue weighted by molar-refractivity contribution is 9.10. The van der Waals surface area contributed by atoms with E-state index >= 15 is 0 Å². The number of carbonyl (C=O) groups excluding carboxylic acids is 2. The van der Waals surface area contributed by atoms with Crippen molar-refractivity contribution in [2.75, 3.05) is 60.0 Å². The van der Waals surface area contributed by atoms with Crippen LogP contribution in [0.2, 0.25) is 0 Å². The average Bonchev–Trinajstić information content (AvgIpc) is 3.03. The Morgan fingerprint density at radius 2 is 1.41 bits per heavy atom. The molecule has 160 valence electrons. The maximum Gasteiger partial charge on any atom is 0.254 e. The van der Waals surface area contributed by atoms with Crippen molar-refractivity contribution in [3.05, 3.63) is 22.2 Å². The molecular weight excluding hydrogens is 438 g/mol. The maximum absolute atomic E-state index is 13.0. The minimum absolute atomic E-state index is 0.0485. The Labute approximate surface area is 181 Å². The van der Waals surface area contributed by atoms with Gasteiger partial charge in [0, 0.05) is 44.8 Å². The number of ether oxygens (including phenoxy) is 2. The number of methoxy groups -OCH3 is 2. The van der Waals surface area contributed by atoms with E-state index in [-0.39, 0.29) is 11.8 Å². The summed E-state index contributed by atoms with van der Waals surface area (Å²) < 4.78 is 11.4. The van der Waals surface area contributed by atoms with Gasteiger partial charge in [-0.15, -0.1) is 0 Å². The van der Waals surface area contributed by atoms with Gasteiger partial charge in [-0.1, -0.05) is 12.8 Å². The van der Waals surface area contributed by atoms with Gasteiger partial charge in [-0.05, 0) is 40.9 Å². The zero-order valence-electron chi connectivity index (χ0n) is 17.3. The summed E-state index contributed by atoms with van der Waals surface area (Å²) >= 11 is 3.43. The van der Waals surface area contributed by atoms with Crippen LogP contribution in [0.25, 0.3) is 0 Å². The molecule has 2 aliphatic heterocycles. The smallest absolute Gasteiger partial charge is 0.254 e. The number of halogens is 1. The number of nitrogens with zero attached hydrogens (tertiary/aromatic N) is 3. The number of benzene rings is 1. The van der Waals surface area contributed by atoms with Crippen LogP contribution in [0.3, 0.4) is 0 Å². The van der Waals surface area contributed by atoms with Crippen LogP contribution in [0.5, 0.6) is 11.5 Å². The lowest BCUT2D eigenvalue weighted by atomic mass is 10.1. The van der Waals surface area contributed by atoms with Crippen LogP contribution >= 0.6 is 15.9 Å². The van der Waals surface area contributed by atoms with E-state index in [0.717, 1.165) is 25.9 Å². The van der Waals surface area contributed by atoms with E-state index in [4.69, 9.17) is 9.47 Å². The van der Waals surface area contributed by atoms with E-state index in [1.807, 2.05) is 9.80 Å². The second kappa shape index (κ2) is 10.3. The summed E-state index contributed by atoms with van der Waals surface area (Å²) in [6.07, 6.45) is 4.65. The van der Waals surface area contributed by atoms with E-state index < -0.39 is 0 Å². The summed E-state index contributed by atoms with van der Waals surface area (Å²) in [6, 6.07) is 3.45. The molecule has 0 atom stereocenters. The molecule has 0 radical (unpaired) electrons. The first-order valence-electron chi connectivity index (χ1n) is 10.2. The largest absolute Gasteiger partial charge is 0.495 e. The summed E-state index contributed by atoms with van der Waals surface area (Å²) in [5, 5.41) is 0. The lowest BCUT2D eigenvalue weighted by Gasteiger charge is -2.35. The van der Waals surface area contributed by atoms with E-state index in [1.54, 1.807) is 26.4 Å². The van der Waals surface area contributed by atoms with Crippen molar-refractivity contribution in [2.45, 2.75) is 25.7 Å². The maximum atomic E-state index is 13.0. The monoisotopic (exact) mass is 467 g/mol. The third-order valence-electron chi connectivity index (χ3n) is 5.67. The first-order chi connectivity index (χ1) is 14.0. The number of rotatable bonds is 5. The molecule has 0 N–H and O–H groups in total. The molecule has 2 amide bonds. The third-order valence-corrected chi connectivity index (χ3v) is 6.45. The second-order valence-electron chi connectivity index (χ2n) is 7.56. The number of amides is 2. The summed E-state index contributed by atoms with van der Waals surface area (Å²) in [6.45, 7) is 4.82. The first kappa shape index (κ1) is 21.9. The normalized spacial score (nSPS) is 18.3. The minimum atomic E-state index is -0.0485. The van der Waals surface area contributed by atoms with Gasteiger partial charge < -0.3 is 19.3 Å². The van der Waals surface area contributed by atoms with Crippen LogP contribution in [0.4, 0.5) is 0 Å². The van der Waals surface area contributed by atoms with Gasteiger partial charge in [-0.3, -0.25) is 14.5 Å². The predicted octanol–water partition coefficient (Wildman–Crippen LogP) is 2.63. The van der Waals surface area contributed by atoms with E-state index in [1.165, 1.54) is 12.8 Å². The molecule has 2 saturated heterocycles. The fraction of sp³-hybridized carbons (Fsp3) is 0.619. The SMILES string of the molecule is COc1cc(C(=O)N2CCN(CC(=O)N3CCCCCC3)CC2)cc(OC)c1Br. The number of hydrogen-bond donors (Lipinski definition) is 0. The Balaban J connectivity index is 1.56. The summed E-state index contributed by atoms with van der Waals surface area (Å²) in [5.74, 6) is 1.30. The first-order valence-corrected chi connectivity index (χ1v) is 11.0. The number of piperazine rings is 1. The van der Waals surface area contributed by atoms with Crippen LogP contribution in [0.1, 0.15) is 36.0 Å². The number of likely N-dealkylation sites (tertiary alicyclic amines) is 1. The van der Waals surface area contributed by atoms with Crippen LogP contribution in [-0.2, 0) is 4.79 Å². The summed E-state index contributed by atoms with van der Waals surface area (Å²) in [7, 11) is 3.13. The van der Waals surface area contributed by atoms with Gasteiger partial charge in [-0.25, -0.2) is 0 Å². The summed E-state index contributed by atoms with van der Waals surface area (Å²) in [5.41, 5.74) is 0.538. The van der Waals surface area contributed by atoms with E-state index in [9.17, 15) is 9.59 Å². The van der Waals surface area contributed by atoms with Crippen molar-refractivity contribution in [3.8, 4) is 11.5 Å². The van der Waals surface area contributed by atoms with Gasteiger partial charge in [0.15, 0.2) is 0 Å². The molecule has 7 nitrogen and oxygen atoms in total. The molecule has 2 fully saturated rings. The fourth-order valence-electron chi connectivity index (χ4n) is 3.90. The molecule has 0 bridgehead atoms. The van der Waals surface area contributed by atoms with Crippen molar-refractivity contribution >= 4 is 27.7 Å². The molecule has 1 aromatic carbocycles.